The molecule has 26 heavy (non-hydrogen) atoms. The smallest absolute Gasteiger partial charge is 0.193 e. The molecule has 0 saturated carbocycles. The van der Waals surface area contributed by atoms with E-state index in [-0.39, 0.29) is 0 Å². The summed E-state index contributed by atoms with van der Waals surface area (Å²) in [7, 11) is 0. The molecule has 2 fully saturated rings. The van der Waals surface area contributed by atoms with E-state index in [0.717, 1.165) is 64.0 Å². The zero-order valence-electron chi connectivity index (χ0n) is 16.5. The Balaban J connectivity index is 1.61. The summed E-state index contributed by atoms with van der Waals surface area (Å²) in [6.07, 6.45) is 8.89. The normalized spacial score (nSPS) is 27.1. The highest BCUT2D eigenvalue weighted by Crippen LogP contribution is 2.34. The van der Waals surface area contributed by atoms with Crippen molar-refractivity contribution in [3.8, 4) is 0 Å². The van der Waals surface area contributed by atoms with Crippen LogP contribution in [0, 0.1) is 11.3 Å². The lowest BCUT2D eigenvalue weighted by molar-refractivity contribution is 0.142. The van der Waals surface area contributed by atoms with E-state index in [1.807, 2.05) is 12.1 Å². The highest BCUT2D eigenvalue weighted by Gasteiger charge is 2.31. The number of furan rings is 1. The molecular formula is C21H35N3O2. The van der Waals surface area contributed by atoms with Gasteiger partial charge in [0.25, 0.3) is 0 Å². The molecule has 3 rings (SSSR count). The number of ether oxygens (including phenoxy) is 1. The van der Waals surface area contributed by atoms with Crippen molar-refractivity contribution < 1.29 is 9.15 Å². The molecule has 2 aliphatic heterocycles. The van der Waals surface area contributed by atoms with Gasteiger partial charge in [-0.25, -0.2) is 0 Å². The Morgan fingerprint density at radius 1 is 1.46 bits per heavy atom. The molecule has 1 aromatic heterocycles. The van der Waals surface area contributed by atoms with E-state index in [9.17, 15) is 0 Å². The SMILES string of the molecule is CCCC1(C)CCCN(C(=NCC2CCOC2)NCCc2ccco2)C1. The van der Waals surface area contributed by atoms with Crippen LogP contribution in [0.3, 0.4) is 0 Å². The summed E-state index contributed by atoms with van der Waals surface area (Å²) in [5, 5.41) is 3.61. The highest BCUT2D eigenvalue weighted by atomic mass is 16.5. The van der Waals surface area contributed by atoms with E-state index in [0.29, 0.717) is 11.3 Å². The number of likely N-dealkylation sites (tertiary alicyclic amines) is 1. The van der Waals surface area contributed by atoms with Crippen LogP contribution in [0.1, 0.15) is 51.7 Å². The second kappa shape index (κ2) is 9.45. The predicted octanol–water partition coefficient (Wildman–Crippen LogP) is 3.71. The Morgan fingerprint density at radius 2 is 2.38 bits per heavy atom. The molecule has 0 aromatic carbocycles. The summed E-state index contributed by atoms with van der Waals surface area (Å²) in [6, 6.07) is 3.98. The maximum atomic E-state index is 5.51. The van der Waals surface area contributed by atoms with Crippen LogP contribution < -0.4 is 5.32 Å². The Morgan fingerprint density at radius 3 is 3.12 bits per heavy atom. The van der Waals surface area contributed by atoms with E-state index in [1.54, 1.807) is 6.26 Å². The molecule has 2 aliphatic rings. The van der Waals surface area contributed by atoms with Gasteiger partial charge in [0.05, 0.1) is 12.9 Å². The molecule has 0 spiro atoms. The number of hydrogen-bond acceptors (Lipinski definition) is 3. The van der Waals surface area contributed by atoms with Gasteiger partial charge < -0.3 is 19.4 Å². The summed E-state index contributed by atoms with van der Waals surface area (Å²) < 4.78 is 11.0. The van der Waals surface area contributed by atoms with E-state index >= 15 is 0 Å². The van der Waals surface area contributed by atoms with Crippen LogP contribution in [0.5, 0.6) is 0 Å². The van der Waals surface area contributed by atoms with Crippen LogP contribution in [0.4, 0.5) is 0 Å². The average Bonchev–Trinajstić information content (AvgIpc) is 3.31. The molecule has 1 aromatic rings. The molecule has 2 saturated heterocycles. The van der Waals surface area contributed by atoms with Crippen LogP contribution in [0.15, 0.2) is 27.8 Å². The Hall–Kier alpha value is -1.49. The first-order valence-electron chi connectivity index (χ1n) is 10.3. The van der Waals surface area contributed by atoms with E-state index < -0.39 is 0 Å². The highest BCUT2D eigenvalue weighted by molar-refractivity contribution is 5.80. The summed E-state index contributed by atoms with van der Waals surface area (Å²) >= 11 is 0. The molecule has 2 atom stereocenters. The minimum atomic E-state index is 0.410. The van der Waals surface area contributed by atoms with Crippen LogP contribution >= 0.6 is 0 Å². The predicted molar refractivity (Wildman–Crippen MR) is 105 cm³/mol. The lowest BCUT2D eigenvalue weighted by Gasteiger charge is -2.42. The van der Waals surface area contributed by atoms with Crippen molar-refractivity contribution in [1.82, 2.24) is 10.2 Å². The Kier molecular flexibility index (Phi) is 7.00. The first-order valence-corrected chi connectivity index (χ1v) is 10.3. The van der Waals surface area contributed by atoms with Crippen molar-refractivity contribution in [2.75, 3.05) is 39.4 Å². The first-order chi connectivity index (χ1) is 12.7. The van der Waals surface area contributed by atoms with Gasteiger partial charge in [0.15, 0.2) is 5.96 Å². The van der Waals surface area contributed by atoms with Crippen molar-refractivity contribution in [1.29, 1.82) is 0 Å². The quantitative estimate of drug-likeness (QED) is 0.594. The number of hydrogen-bond donors (Lipinski definition) is 1. The van der Waals surface area contributed by atoms with Gasteiger partial charge in [0.2, 0.25) is 0 Å². The molecule has 3 heterocycles. The molecule has 0 aliphatic carbocycles. The minimum absolute atomic E-state index is 0.410. The van der Waals surface area contributed by atoms with E-state index in [4.69, 9.17) is 14.1 Å². The van der Waals surface area contributed by atoms with Gasteiger partial charge in [-0.1, -0.05) is 20.3 Å². The van der Waals surface area contributed by atoms with Crippen molar-refractivity contribution in [2.45, 2.75) is 52.4 Å². The second-order valence-electron chi connectivity index (χ2n) is 8.24. The number of rotatable bonds is 7. The summed E-state index contributed by atoms with van der Waals surface area (Å²) in [4.78, 5) is 7.48. The monoisotopic (exact) mass is 361 g/mol. The average molecular weight is 362 g/mol. The van der Waals surface area contributed by atoms with E-state index in [1.165, 1.54) is 25.7 Å². The lowest BCUT2D eigenvalue weighted by atomic mass is 9.78. The number of piperidine rings is 1. The lowest BCUT2D eigenvalue weighted by Crippen LogP contribution is -2.50. The van der Waals surface area contributed by atoms with Crippen molar-refractivity contribution >= 4 is 5.96 Å². The standard InChI is InChI=1S/C21H35N3O2/c1-3-9-21(2)10-5-12-24(17-21)20(23-15-18-8-14-25-16-18)22-11-7-19-6-4-13-26-19/h4,6,13,18H,3,5,7-12,14-17H2,1-2H3,(H,22,23). The van der Waals surface area contributed by atoms with Crippen LogP contribution in [-0.2, 0) is 11.2 Å². The number of aliphatic imine (C=N–C) groups is 1. The molecule has 1 N–H and O–H groups in total. The van der Waals surface area contributed by atoms with Gasteiger partial charge in [-0.05, 0) is 43.2 Å². The van der Waals surface area contributed by atoms with Gasteiger partial charge in [-0.15, -0.1) is 0 Å². The summed E-state index contributed by atoms with van der Waals surface area (Å²) in [6.45, 7) is 10.4. The van der Waals surface area contributed by atoms with E-state index in [2.05, 4.69) is 24.1 Å². The fourth-order valence-electron chi connectivity index (χ4n) is 4.27. The summed E-state index contributed by atoms with van der Waals surface area (Å²) in [5.74, 6) is 2.67. The molecule has 0 radical (unpaired) electrons. The van der Waals surface area contributed by atoms with Gasteiger partial charge in [-0.3, -0.25) is 4.99 Å². The summed E-state index contributed by atoms with van der Waals surface area (Å²) in [5.41, 5.74) is 0.410. The van der Waals surface area contributed by atoms with Crippen LogP contribution in [0.25, 0.3) is 0 Å². The second-order valence-corrected chi connectivity index (χ2v) is 8.24. The maximum Gasteiger partial charge on any atom is 0.193 e. The Labute approximate surface area is 158 Å². The molecular weight excluding hydrogens is 326 g/mol. The van der Waals surface area contributed by atoms with Crippen LogP contribution in [0.2, 0.25) is 0 Å². The van der Waals surface area contributed by atoms with Crippen molar-refractivity contribution in [2.24, 2.45) is 16.3 Å². The molecule has 146 valence electrons. The van der Waals surface area contributed by atoms with Crippen molar-refractivity contribution in [3.05, 3.63) is 24.2 Å². The third-order valence-electron chi connectivity index (χ3n) is 5.69. The first kappa shape index (κ1) is 19.3. The Bertz CT molecular complexity index is 548. The third kappa shape index (κ3) is 5.50. The van der Waals surface area contributed by atoms with Gasteiger partial charge in [0, 0.05) is 45.1 Å². The van der Waals surface area contributed by atoms with Gasteiger partial charge in [-0.2, -0.15) is 0 Å². The molecule has 0 bridgehead atoms. The molecule has 5 heteroatoms. The fraction of sp³-hybridized carbons (Fsp3) is 0.762. The zero-order chi connectivity index (χ0) is 18.2. The topological polar surface area (TPSA) is 50.0 Å². The minimum Gasteiger partial charge on any atom is -0.469 e. The number of guanidine groups is 1. The fourth-order valence-corrected chi connectivity index (χ4v) is 4.27. The number of nitrogens with zero attached hydrogens (tertiary/aromatic N) is 2. The zero-order valence-corrected chi connectivity index (χ0v) is 16.5. The van der Waals surface area contributed by atoms with Gasteiger partial charge >= 0.3 is 0 Å². The maximum absolute atomic E-state index is 5.51. The molecule has 0 amide bonds. The van der Waals surface area contributed by atoms with Crippen molar-refractivity contribution in [3.63, 3.8) is 0 Å². The number of nitrogens with one attached hydrogen (secondary N) is 1. The third-order valence-corrected chi connectivity index (χ3v) is 5.69. The van der Waals surface area contributed by atoms with Gasteiger partial charge in [0.1, 0.15) is 5.76 Å². The molecule has 2 unspecified atom stereocenters. The van der Waals surface area contributed by atoms with Crippen LogP contribution in [-0.4, -0.2) is 50.3 Å². The largest absolute Gasteiger partial charge is 0.469 e. The molecule has 5 nitrogen and oxygen atoms in total.